The number of carbonyl (C=O) groups is 1. The van der Waals surface area contributed by atoms with Gasteiger partial charge < -0.3 is 4.74 Å². The van der Waals surface area contributed by atoms with Crippen molar-refractivity contribution >= 4 is 5.97 Å². The number of rotatable bonds is 14. The molecule has 0 saturated heterocycles. The molecular weight excluding hydrogens is 360 g/mol. The number of hydrogen-bond acceptors (Lipinski definition) is 4. The van der Waals surface area contributed by atoms with Crippen LogP contribution in [-0.2, 0) is 11.2 Å². The normalized spacial score (nSPS) is 10.8. The fraction of sp³-hybridized carbons (Fsp3) is 0.560. The van der Waals surface area contributed by atoms with Gasteiger partial charge in [-0.25, -0.2) is 9.97 Å². The molecule has 0 fully saturated rings. The fourth-order valence-corrected chi connectivity index (χ4v) is 3.29. The number of aromatic nitrogens is 2. The highest BCUT2D eigenvalue weighted by atomic mass is 16.5. The average Bonchev–Trinajstić information content (AvgIpc) is 2.75. The van der Waals surface area contributed by atoms with Crippen molar-refractivity contribution in [1.29, 1.82) is 0 Å². The number of esters is 1. The molecule has 0 unspecified atom stereocenters. The van der Waals surface area contributed by atoms with Gasteiger partial charge in [-0.2, -0.15) is 0 Å². The molecule has 2 rings (SSSR count). The van der Waals surface area contributed by atoms with Gasteiger partial charge in [0, 0.05) is 24.4 Å². The highest BCUT2D eigenvalue weighted by Crippen LogP contribution is 2.20. The summed E-state index contributed by atoms with van der Waals surface area (Å²) in [5.41, 5.74) is 2.12. The first-order valence-electron chi connectivity index (χ1n) is 11.3. The number of benzene rings is 1. The van der Waals surface area contributed by atoms with Crippen molar-refractivity contribution in [2.24, 2.45) is 0 Å². The Labute approximate surface area is 176 Å². The van der Waals surface area contributed by atoms with E-state index in [0.29, 0.717) is 18.0 Å². The molecule has 0 aliphatic carbocycles. The lowest BCUT2D eigenvalue weighted by atomic mass is 10.1. The fourth-order valence-electron chi connectivity index (χ4n) is 3.29. The Bertz CT molecular complexity index is 696. The minimum absolute atomic E-state index is 0.163. The number of aryl methyl sites for hydroxylation is 1. The Morgan fingerprint density at radius 3 is 2.03 bits per heavy atom. The third-order valence-electron chi connectivity index (χ3n) is 5.10. The molecule has 1 aromatic heterocycles. The van der Waals surface area contributed by atoms with Crippen molar-refractivity contribution in [3.8, 4) is 17.1 Å². The van der Waals surface area contributed by atoms with E-state index in [-0.39, 0.29) is 5.97 Å². The van der Waals surface area contributed by atoms with Gasteiger partial charge in [0.25, 0.3) is 0 Å². The van der Waals surface area contributed by atoms with E-state index in [2.05, 4.69) is 23.8 Å². The lowest BCUT2D eigenvalue weighted by Crippen LogP contribution is -2.07. The summed E-state index contributed by atoms with van der Waals surface area (Å²) in [7, 11) is 0. The molecule has 1 aromatic carbocycles. The van der Waals surface area contributed by atoms with E-state index in [0.717, 1.165) is 24.8 Å². The van der Waals surface area contributed by atoms with Crippen molar-refractivity contribution in [3.63, 3.8) is 0 Å². The molecule has 0 aliphatic heterocycles. The average molecular weight is 397 g/mol. The van der Waals surface area contributed by atoms with Gasteiger partial charge in [0.05, 0.1) is 0 Å². The summed E-state index contributed by atoms with van der Waals surface area (Å²) in [5.74, 6) is 1.12. The third kappa shape index (κ3) is 9.21. The van der Waals surface area contributed by atoms with Crippen LogP contribution in [0, 0.1) is 0 Å². The maximum Gasteiger partial charge on any atom is 0.311 e. The summed E-state index contributed by atoms with van der Waals surface area (Å²) >= 11 is 0. The monoisotopic (exact) mass is 396 g/mol. The predicted molar refractivity (Wildman–Crippen MR) is 119 cm³/mol. The number of hydrogen-bond donors (Lipinski definition) is 0. The Morgan fingerprint density at radius 1 is 0.793 bits per heavy atom. The van der Waals surface area contributed by atoms with Gasteiger partial charge in [-0.05, 0) is 49.1 Å². The summed E-state index contributed by atoms with van der Waals surface area (Å²) in [6, 6.07) is 7.44. The summed E-state index contributed by atoms with van der Waals surface area (Å²) in [6.45, 7) is 4.40. The van der Waals surface area contributed by atoms with Crippen LogP contribution in [-0.4, -0.2) is 15.9 Å². The standard InChI is InChI=1S/C25H36N2O2/c1-3-5-7-9-10-11-13-21-19-26-25(27-20-21)22-15-17-23(18-16-22)29-24(28)14-12-8-6-4-2/h15-20H,3-14H2,1-2H3. The number of nitrogens with zero attached hydrogens (tertiary/aromatic N) is 2. The molecule has 0 bridgehead atoms. The second kappa shape index (κ2) is 13.9. The molecule has 0 aliphatic rings. The van der Waals surface area contributed by atoms with E-state index in [9.17, 15) is 4.79 Å². The van der Waals surface area contributed by atoms with Crippen molar-refractivity contribution in [1.82, 2.24) is 9.97 Å². The first kappa shape index (κ1) is 23.1. The van der Waals surface area contributed by atoms with Gasteiger partial charge >= 0.3 is 5.97 Å². The zero-order chi connectivity index (χ0) is 20.7. The van der Waals surface area contributed by atoms with Gasteiger partial charge in [0.1, 0.15) is 5.75 Å². The lowest BCUT2D eigenvalue weighted by molar-refractivity contribution is -0.134. The molecule has 0 atom stereocenters. The molecule has 0 N–H and O–H groups in total. The summed E-state index contributed by atoms with van der Waals surface area (Å²) < 4.78 is 5.40. The Balaban J connectivity index is 1.76. The Hall–Kier alpha value is -2.23. The van der Waals surface area contributed by atoms with Crippen LogP contribution in [0.25, 0.3) is 11.4 Å². The van der Waals surface area contributed by atoms with Crippen molar-refractivity contribution < 1.29 is 9.53 Å². The van der Waals surface area contributed by atoms with Crippen molar-refractivity contribution in [2.75, 3.05) is 0 Å². The molecule has 0 spiro atoms. The van der Waals surface area contributed by atoms with Crippen LogP contribution in [0.1, 0.15) is 90.0 Å². The van der Waals surface area contributed by atoms with Crippen LogP contribution in [0.5, 0.6) is 5.75 Å². The molecule has 29 heavy (non-hydrogen) atoms. The number of ether oxygens (including phenoxy) is 1. The van der Waals surface area contributed by atoms with Gasteiger partial charge in [0.15, 0.2) is 5.82 Å². The largest absolute Gasteiger partial charge is 0.427 e. The van der Waals surface area contributed by atoms with E-state index < -0.39 is 0 Å². The van der Waals surface area contributed by atoms with Crippen LogP contribution in [0.2, 0.25) is 0 Å². The van der Waals surface area contributed by atoms with Gasteiger partial charge in [-0.3, -0.25) is 4.79 Å². The molecule has 4 nitrogen and oxygen atoms in total. The van der Waals surface area contributed by atoms with Crippen LogP contribution >= 0.6 is 0 Å². The molecule has 4 heteroatoms. The second-order valence-electron chi connectivity index (χ2n) is 7.74. The van der Waals surface area contributed by atoms with E-state index in [4.69, 9.17) is 4.74 Å². The smallest absolute Gasteiger partial charge is 0.311 e. The van der Waals surface area contributed by atoms with Crippen LogP contribution in [0.3, 0.4) is 0 Å². The van der Waals surface area contributed by atoms with Gasteiger partial charge in [-0.1, -0.05) is 65.2 Å². The van der Waals surface area contributed by atoms with Crippen LogP contribution in [0.4, 0.5) is 0 Å². The molecule has 0 radical (unpaired) electrons. The van der Waals surface area contributed by atoms with Gasteiger partial charge in [0.2, 0.25) is 0 Å². The van der Waals surface area contributed by atoms with Crippen LogP contribution < -0.4 is 4.74 Å². The molecule has 0 saturated carbocycles. The number of carbonyl (C=O) groups excluding carboxylic acids is 1. The summed E-state index contributed by atoms with van der Waals surface area (Å²) in [4.78, 5) is 20.9. The molecule has 158 valence electrons. The van der Waals surface area contributed by atoms with E-state index >= 15 is 0 Å². The second-order valence-corrected chi connectivity index (χ2v) is 7.74. The molecule has 0 amide bonds. The quantitative estimate of drug-likeness (QED) is 0.197. The van der Waals surface area contributed by atoms with Gasteiger partial charge in [-0.15, -0.1) is 0 Å². The highest BCUT2D eigenvalue weighted by Gasteiger charge is 2.06. The first-order valence-corrected chi connectivity index (χ1v) is 11.3. The zero-order valence-corrected chi connectivity index (χ0v) is 18.2. The molecule has 1 heterocycles. The Kier molecular flexibility index (Phi) is 11.0. The predicted octanol–water partition coefficient (Wildman–Crippen LogP) is 6.92. The highest BCUT2D eigenvalue weighted by molar-refractivity contribution is 5.72. The minimum atomic E-state index is -0.163. The summed E-state index contributed by atoms with van der Waals surface area (Å²) in [5, 5.41) is 0. The maximum atomic E-state index is 11.9. The minimum Gasteiger partial charge on any atom is -0.427 e. The zero-order valence-electron chi connectivity index (χ0n) is 18.2. The topological polar surface area (TPSA) is 52.1 Å². The van der Waals surface area contributed by atoms with E-state index in [1.807, 2.05) is 36.7 Å². The van der Waals surface area contributed by atoms with Crippen molar-refractivity contribution in [3.05, 3.63) is 42.2 Å². The summed E-state index contributed by atoms with van der Waals surface area (Å²) in [6.07, 6.45) is 17.5. The lowest BCUT2D eigenvalue weighted by Gasteiger charge is -2.06. The third-order valence-corrected chi connectivity index (χ3v) is 5.10. The number of unbranched alkanes of at least 4 members (excludes halogenated alkanes) is 8. The van der Waals surface area contributed by atoms with Crippen molar-refractivity contribution in [2.45, 2.75) is 90.9 Å². The Morgan fingerprint density at radius 2 is 1.38 bits per heavy atom. The molecule has 2 aromatic rings. The van der Waals surface area contributed by atoms with Crippen LogP contribution in [0.15, 0.2) is 36.7 Å². The maximum absolute atomic E-state index is 11.9. The SMILES string of the molecule is CCCCCCCCc1cnc(-c2ccc(OC(=O)CCCCCC)cc2)nc1. The van der Waals surface area contributed by atoms with E-state index in [1.165, 1.54) is 56.9 Å². The van der Waals surface area contributed by atoms with E-state index in [1.54, 1.807) is 0 Å². The first-order chi connectivity index (χ1) is 14.2. The molecular formula is C25H36N2O2.